The first-order valence-corrected chi connectivity index (χ1v) is 9.50. The molecule has 0 saturated carbocycles. The van der Waals surface area contributed by atoms with E-state index >= 15 is 0 Å². The number of nitriles is 1. The Labute approximate surface area is 166 Å². The number of hydrogen-bond donors (Lipinski definition) is 1. The minimum Gasteiger partial charge on any atom is -0.423 e. The molecule has 0 bridgehead atoms. The molecule has 0 unspecified atom stereocenters. The molecule has 1 heterocycles. The Hall–Kier alpha value is -3.56. The van der Waals surface area contributed by atoms with Gasteiger partial charge in [0.1, 0.15) is 5.75 Å². The number of rotatable bonds is 3. The van der Waals surface area contributed by atoms with Gasteiger partial charge in [0.05, 0.1) is 28.6 Å². The maximum Gasteiger partial charge on any atom is 0.343 e. The maximum atomic E-state index is 12.4. The number of anilines is 1. The third-order valence-corrected chi connectivity index (χ3v) is 5.33. The van der Waals surface area contributed by atoms with Gasteiger partial charge >= 0.3 is 5.97 Å². The van der Waals surface area contributed by atoms with Crippen LogP contribution in [0.2, 0.25) is 0 Å². The summed E-state index contributed by atoms with van der Waals surface area (Å²) in [5.41, 5.74) is 3.54. The van der Waals surface area contributed by atoms with Crippen LogP contribution in [0.25, 0.3) is 11.1 Å². The minimum absolute atomic E-state index is 0.0820. The maximum absolute atomic E-state index is 12.4. The molecule has 0 atom stereocenters. The van der Waals surface area contributed by atoms with Crippen molar-refractivity contribution in [2.75, 3.05) is 11.1 Å². The van der Waals surface area contributed by atoms with Crippen LogP contribution in [0.3, 0.4) is 0 Å². The summed E-state index contributed by atoms with van der Waals surface area (Å²) < 4.78 is 5.44. The van der Waals surface area contributed by atoms with Gasteiger partial charge in [-0.2, -0.15) is 5.26 Å². The van der Waals surface area contributed by atoms with Gasteiger partial charge in [0.25, 0.3) is 0 Å². The van der Waals surface area contributed by atoms with Crippen LogP contribution in [0.4, 0.5) is 5.69 Å². The summed E-state index contributed by atoms with van der Waals surface area (Å²) in [5.74, 6) is 0.237. The predicted octanol–water partition coefficient (Wildman–Crippen LogP) is 4.49. The number of ether oxygens (including phenoxy) is 1. The van der Waals surface area contributed by atoms with Gasteiger partial charge in [0.2, 0.25) is 5.91 Å². The summed E-state index contributed by atoms with van der Waals surface area (Å²) in [4.78, 5) is 24.9. The van der Waals surface area contributed by atoms with Crippen LogP contribution in [0, 0.1) is 11.3 Å². The molecule has 0 aromatic heterocycles. The van der Waals surface area contributed by atoms with E-state index in [1.807, 2.05) is 30.3 Å². The van der Waals surface area contributed by atoms with Gasteiger partial charge in [-0.3, -0.25) is 4.79 Å². The lowest BCUT2D eigenvalue weighted by Gasteiger charge is -2.16. The molecule has 0 saturated heterocycles. The van der Waals surface area contributed by atoms with Crippen LogP contribution < -0.4 is 10.1 Å². The van der Waals surface area contributed by atoms with Crippen LogP contribution in [0.1, 0.15) is 15.9 Å². The van der Waals surface area contributed by atoms with Gasteiger partial charge in [-0.1, -0.05) is 24.3 Å². The van der Waals surface area contributed by atoms with Gasteiger partial charge in [-0.25, -0.2) is 4.79 Å². The van der Waals surface area contributed by atoms with Gasteiger partial charge < -0.3 is 10.1 Å². The monoisotopic (exact) mass is 386 g/mol. The highest BCUT2D eigenvalue weighted by Gasteiger charge is 2.18. The third-order valence-electron chi connectivity index (χ3n) is 4.26. The second-order valence-electron chi connectivity index (χ2n) is 6.15. The molecule has 1 aliphatic rings. The van der Waals surface area contributed by atoms with Crippen molar-refractivity contribution in [3.05, 3.63) is 77.9 Å². The summed E-state index contributed by atoms with van der Waals surface area (Å²) in [7, 11) is 0. The second kappa shape index (κ2) is 7.59. The molecule has 1 aliphatic heterocycles. The van der Waals surface area contributed by atoms with Crippen LogP contribution in [-0.4, -0.2) is 17.6 Å². The number of thioether (sulfide) groups is 1. The average Bonchev–Trinajstić information content (AvgIpc) is 2.74. The molecule has 0 aliphatic carbocycles. The summed E-state index contributed by atoms with van der Waals surface area (Å²) in [6.07, 6.45) is 0. The Kier molecular flexibility index (Phi) is 4.83. The molecule has 6 heteroatoms. The Morgan fingerprint density at radius 3 is 2.36 bits per heavy atom. The Morgan fingerprint density at radius 1 is 1.00 bits per heavy atom. The molecule has 28 heavy (non-hydrogen) atoms. The predicted molar refractivity (Wildman–Crippen MR) is 107 cm³/mol. The first-order chi connectivity index (χ1) is 13.6. The Balaban J connectivity index is 1.48. The summed E-state index contributed by atoms with van der Waals surface area (Å²) in [5, 5.41) is 11.6. The smallest absolute Gasteiger partial charge is 0.343 e. The van der Waals surface area contributed by atoms with E-state index in [2.05, 4.69) is 11.4 Å². The number of fused-ring (bicyclic) bond motifs is 1. The molecular formula is C22H14N2O3S. The summed E-state index contributed by atoms with van der Waals surface area (Å²) in [6.45, 7) is 0. The van der Waals surface area contributed by atoms with E-state index in [1.54, 1.807) is 36.4 Å². The van der Waals surface area contributed by atoms with E-state index in [4.69, 9.17) is 10.00 Å². The van der Waals surface area contributed by atoms with Crippen molar-refractivity contribution in [2.24, 2.45) is 0 Å². The molecule has 0 radical (unpaired) electrons. The Morgan fingerprint density at radius 2 is 1.68 bits per heavy atom. The number of nitrogens with one attached hydrogen (secondary N) is 1. The highest BCUT2D eigenvalue weighted by molar-refractivity contribution is 8.00. The quantitative estimate of drug-likeness (QED) is 0.530. The highest BCUT2D eigenvalue weighted by Crippen LogP contribution is 2.32. The van der Waals surface area contributed by atoms with Gasteiger partial charge in [0.15, 0.2) is 0 Å². The molecular weight excluding hydrogens is 372 g/mol. The lowest BCUT2D eigenvalue weighted by atomic mass is 10.0. The van der Waals surface area contributed by atoms with E-state index in [1.165, 1.54) is 11.8 Å². The van der Waals surface area contributed by atoms with Crippen molar-refractivity contribution in [1.82, 2.24) is 0 Å². The summed E-state index contributed by atoms with van der Waals surface area (Å²) >= 11 is 1.44. The van der Waals surface area contributed by atoms with Crippen LogP contribution in [-0.2, 0) is 4.79 Å². The van der Waals surface area contributed by atoms with Crippen molar-refractivity contribution in [1.29, 1.82) is 5.26 Å². The highest BCUT2D eigenvalue weighted by atomic mass is 32.2. The van der Waals surface area contributed by atoms with Crippen molar-refractivity contribution in [3.8, 4) is 22.9 Å². The fraction of sp³-hybridized carbons (Fsp3) is 0.0455. The lowest BCUT2D eigenvalue weighted by molar-refractivity contribution is -0.113. The minimum atomic E-state index is -0.487. The average molecular weight is 386 g/mol. The zero-order valence-corrected chi connectivity index (χ0v) is 15.5. The van der Waals surface area contributed by atoms with E-state index < -0.39 is 5.97 Å². The van der Waals surface area contributed by atoms with E-state index in [9.17, 15) is 9.59 Å². The topological polar surface area (TPSA) is 79.2 Å². The molecule has 0 spiro atoms. The van der Waals surface area contributed by atoms with Crippen molar-refractivity contribution < 1.29 is 14.3 Å². The van der Waals surface area contributed by atoms with Crippen LogP contribution in [0.15, 0.2) is 71.6 Å². The van der Waals surface area contributed by atoms with Crippen molar-refractivity contribution in [2.45, 2.75) is 4.90 Å². The lowest BCUT2D eigenvalue weighted by Crippen LogP contribution is -2.19. The summed E-state index contributed by atoms with van der Waals surface area (Å²) in [6, 6.07) is 21.6. The van der Waals surface area contributed by atoms with Gasteiger partial charge in [0, 0.05) is 4.90 Å². The second-order valence-corrected chi connectivity index (χ2v) is 7.17. The molecule has 3 aromatic rings. The number of hydrogen-bond acceptors (Lipinski definition) is 5. The van der Waals surface area contributed by atoms with Gasteiger partial charge in [-0.05, 0) is 53.6 Å². The molecule has 4 rings (SSSR count). The zero-order valence-electron chi connectivity index (χ0n) is 14.6. The third kappa shape index (κ3) is 3.75. The molecule has 5 nitrogen and oxygen atoms in total. The number of carbonyl (C=O) groups excluding carboxylic acids is 2. The molecule has 1 amide bonds. The van der Waals surface area contributed by atoms with Crippen LogP contribution in [0.5, 0.6) is 5.75 Å². The number of amides is 1. The fourth-order valence-corrected chi connectivity index (χ4v) is 3.62. The van der Waals surface area contributed by atoms with Crippen molar-refractivity contribution in [3.63, 3.8) is 0 Å². The molecule has 0 fully saturated rings. The van der Waals surface area contributed by atoms with E-state index in [-0.39, 0.29) is 5.91 Å². The zero-order chi connectivity index (χ0) is 19.5. The molecule has 3 aromatic carbocycles. The standard InChI is InChI=1S/C22H14N2O3S/c23-12-14-1-3-15(4-2-14)16-5-8-18(9-6-16)27-22(26)17-7-10-20-19(11-17)24-21(25)13-28-20/h1-11H,13H2,(H,24,25). The van der Waals surface area contributed by atoms with E-state index in [0.717, 1.165) is 16.0 Å². The van der Waals surface area contributed by atoms with E-state index in [0.29, 0.717) is 28.3 Å². The Bertz CT molecular complexity index is 1100. The number of benzene rings is 3. The van der Waals surface area contributed by atoms with Crippen LogP contribution >= 0.6 is 11.8 Å². The fourth-order valence-electron chi connectivity index (χ4n) is 2.83. The number of esters is 1. The first-order valence-electron chi connectivity index (χ1n) is 8.52. The number of nitrogens with zero attached hydrogens (tertiary/aromatic N) is 1. The van der Waals surface area contributed by atoms with Gasteiger partial charge in [-0.15, -0.1) is 11.8 Å². The SMILES string of the molecule is N#Cc1ccc(-c2ccc(OC(=O)c3ccc4c(c3)NC(=O)CS4)cc2)cc1. The molecule has 136 valence electrons. The number of carbonyl (C=O) groups is 2. The van der Waals surface area contributed by atoms with Crippen molar-refractivity contribution >= 4 is 29.3 Å². The largest absolute Gasteiger partial charge is 0.423 e. The normalized spacial score (nSPS) is 12.5. The first kappa shape index (κ1) is 17.8. The molecule has 1 N–H and O–H groups in total.